The highest BCUT2D eigenvalue weighted by Crippen LogP contribution is 2.30. The summed E-state index contributed by atoms with van der Waals surface area (Å²) < 4.78 is 5.98. The third kappa shape index (κ3) is 2.56. The number of rotatable bonds is 3. The van der Waals surface area contributed by atoms with Crippen molar-refractivity contribution in [1.29, 1.82) is 0 Å². The lowest BCUT2D eigenvalue weighted by molar-refractivity contribution is 0.488. The van der Waals surface area contributed by atoms with E-state index in [-0.39, 0.29) is 0 Å². The Morgan fingerprint density at radius 3 is 2.53 bits per heavy atom. The topological polar surface area (TPSA) is 9.23 Å². The number of ether oxygens (including phenoxy) is 1. The Kier molecular flexibility index (Phi) is 3.39. The number of hydrogen-bond acceptors (Lipinski definition) is 1. The molecule has 0 N–H and O–H groups in total. The minimum atomic E-state index is 0.493. The SMILES string of the molecule is ClCc1cccc(Oc2cccc3ccccc23)c1. The van der Waals surface area contributed by atoms with E-state index >= 15 is 0 Å². The zero-order valence-electron chi connectivity index (χ0n) is 10.3. The van der Waals surface area contributed by atoms with Gasteiger partial charge in [0.1, 0.15) is 11.5 Å². The lowest BCUT2D eigenvalue weighted by Gasteiger charge is -2.09. The first-order valence-electron chi connectivity index (χ1n) is 6.17. The molecule has 3 rings (SSSR count). The highest BCUT2D eigenvalue weighted by Gasteiger charge is 2.03. The molecule has 3 aromatic carbocycles. The van der Waals surface area contributed by atoms with Gasteiger partial charge in [0.25, 0.3) is 0 Å². The van der Waals surface area contributed by atoms with E-state index in [2.05, 4.69) is 18.2 Å². The summed E-state index contributed by atoms with van der Waals surface area (Å²) in [5.74, 6) is 2.17. The second-order valence-electron chi connectivity index (χ2n) is 4.36. The van der Waals surface area contributed by atoms with Crippen LogP contribution >= 0.6 is 11.6 Å². The van der Waals surface area contributed by atoms with Crippen molar-refractivity contribution < 1.29 is 4.74 Å². The van der Waals surface area contributed by atoms with Gasteiger partial charge in [-0.3, -0.25) is 0 Å². The molecule has 0 unspecified atom stereocenters. The zero-order valence-corrected chi connectivity index (χ0v) is 11.1. The monoisotopic (exact) mass is 268 g/mol. The summed E-state index contributed by atoms with van der Waals surface area (Å²) in [5.41, 5.74) is 1.06. The highest BCUT2D eigenvalue weighted by molar-refractivity contribution is 6.17. The molecule has 0 spiro atoms. The third-order valence-corrected chi connectivity index (χ3v) is 3.34. The van der Waals surface area contributed by atoms with Crippen molar-refractivity contribution in [3.63, 3.8) is 0 Å². The molecule has 0 aromatic heterocycles. The second-order valence-corrected chi connectivity index (χ2v) is 4.63. The largest absolute Gasteiger partial charge is 0.457 e. The maximum atomic E-state index is 5.98. The quantitative estimate of drug-likeness (QED) is 0.580. The normalized spacial score (nSPS) is 10.6. The van der Waals surface area contributed by atoms with Gasteiger partial charge < -0.3 is 4.74 Å². The average molecular weight is 269 g/mol. The highest BCUT2D eigenvalue weighted by atomic mass is 35.5. The molecule has 94 valence electrons. The Bertz CT molecular complexity index is 701. The lowest BCUT2D eigenvalue weighted by atomic mass is 10.1. The van der Waals surface area contributed by atoms with E-state index in [9.17, 15) is 0 Å². The minimum Gasteiger partial charge on any atom is -0.457 e. The van der Waals surface area contributed by atoms with Gasteiger partial charge in [-0.05, 0) is 29.1 Å². The third-order valence-electron chi connectivity index (χ3n) is 3.03. The van der Waals surface area contributed by atoms with Crippen LogP contribution in [-0.4, -0.2) is 0 Å². The van der Waals surface area contributed by atoms with E-state index in [1.807, 2.05) is 48.5 Å². The first-order valence-corrected chi connectivity index (χ1v) is 6.71. The van der Waals surface area contributed by atoms with Gasteiger partial charge in [-0.2, -0.15) is 0 Å². The maximum Gasteiger partial charge on any atom is 0.135 e. The number of hydrogen-bond donors (Lipinski definition) is 0. The van der Waals surface area contributed by atoms with Crippen molar-refractivity contribution in [2.24, 2.45) is 0 Å². The molecular formula is C17H13ClO. The molecule has 1 nitrogen and oxygen atoms in total. The van der Waals surface area contributed by atoms with Crippen molar-refractivity contribution in [2.45, 2.75) is 5.88 Å². The maximum absolute atomic E-state index is 5.98. The molecule has 0 bridgehead atoms. The van der Waals surface area contributed by atoms with Gasteiger partial charge in [0.2, 0.25) is 0 Å². The van der Waals surface area contributed by atoms with Crippen LogP contribution in [-0.2, 0) is 5.88 Å². The Hall–Kier alpha value is -1.99. The van der Waals surface area contributed by atoms with Gasteiger partial charge in [0.15, 0.2) is 0 Å². The Morgan fingerprint density at radius 2 is 1.63 bits per heavy atom. The van der Waals surface area contributed by atoms with Crippen LogP contribution in [0.3, 0.4) is 0 Å². The van der Waals surface area contributed by atoms with E-state index in [0.29, 0.717) is 5.88 Å². The predicted molar refractivity (Wildman–Crippen MR) is 80.0 cm³/mol. The molecule has 0 heterocycles. The molecule has 0 amide bonds. The predicted octanol–water partition coefficient (Wildman–Crippen LogP) is 5.37. The molecule has 0 radical (unpaired) electrons. The van der Waals surface area contributed by atoms with Crippen LogP contribution in [0.4, 0.5) is 0 Å². The molecule has 19 heavy (non-hydrogen) atoms. The summed E-state index contributed by atoms with van der Waals surface area (Å²) in [4.78, 5) is 0. The molecule has 0 fully saturated rings. The van der Waals surface area contributed by atoms with Crippen molar-refractivity contribution in [3.05, 3.63) is 72.3 Å². The van der Waals surface area contributed by atoms with E-state index in [1.165, 1.54) is 5.39 Å². The Balaban J connectivity index is 2.01. The summed E-state index contributed by atoms with van der Waals surface area (Å²) in [7, 11) is 0. The molecule has 2 heteroatoms. The second kappa shape index (κ2) is 5.33. The zero-order chi connectivity index (χ0) is 13.1. The smallest absolute Gasteiger partial charge is 0.135 e. The number of benzene rings is 3. The molecule has 0 aliphatic heterocycles. The van der Waals surface area contributed by atoms with Crippen LogP contribution in [0.2, 0.25) is 0 Å². The van der Waals surface area contributed by atoms with Gasteiger partial charge in [0, 0.05) is 11.3 Å². The van der Waals surface area contributed by atoms with Crippen molar-refractivity contribution >= 4 is 22.4 Å². The number of halogens is 1. The lowest BCUT2D eigenvalue weighted by Crippen LogP contribution is -1.87. The van der Waals surface area contributed by atoms with Gasteiger partial charge in [0.05, 0.1) is 0 Å². The fourth-order valence-electron chi connectivity index (χ4n) is 2.10. The summed E-state index contributed by atoms with van der Waals surface area (Å²) in [5, 5.41) is 2.29. The molecule has 0 saturated carbocycles. The van der Waals surface area contributed by atoms with Crippen molar-refractivity contribution in [1.82, 2.24) is 0 Å². The van der Waals surface area contributed by atoms with Gasteiger partial charge in [-0.25, -0.2) is 0 Å². The Morgan fingerprint density at radius 1 is 0.842 bits per heavy atom. The van der Waals surface area contributed by atoms with Crippen LogP contribution in [0.15, 0.2) is 66.7 Å². The fraction of sp³-hybridized carbons (Fsp3) is 0.0588. The molecule has 0 aliphatic rings. The van der Waals surface area contributed by atoms with Crippen molar-refractivity contribution in [2.75, 3.05) is 0 Å². The summed E-state index contributed by atoms with van der Waals surface area (Å²) >= 11 is 5.84. The number of alkyl halides is 1. The van der Waals surface area contributed by atoms with E-state index in [1.54, 1.807) is 0 Å². The molecule has 3 aromatic rings. The Labute approximate surface area is 117 Å². The van der Waals surface area contributed by atoms with Gasteiger partial charge in [-0.1, -0.05) is 48.5 Å². The first kappa shape index (κ1) is 12.1. The minimum absolute atomic E-state index is 0.493. The van der Waals surface area contributed by atoms with Crippen LogP contribution in [0, 0.1) is 0 Å². The van der Waals surface area contributed by atoms with Gasteiger partial charge in [-0.15, -0.1) is 11.6 Å². The molecule has 0 atom stereocenters. The summed E-state index contributed by atoms with van der Waals surface area (Å²) in [6.45, 7) is 0. The molecule has 0 aliphatic carbocycles. The van der Waals surface area contributed by atoms with Crippen molar-refractivity contribution in [3.8, 4) is 11.5 Å². The van der Waals surface area contributed by atoms with E-state index in [0.717, 1.165) is 22.4 Å². The van der Waals surface area contributed by atoms with Crippen LogP contribution in [0.5, 0.6) is 11.5 Å². The van der Waals surface area contributed by atoms with Crippen LogP contribution in [0.1, 0.15) is 5.56 Å². The van der Waals surface area contributed by atoms with Gasteiger partial charge >= 0.3 is 0 Å². The standard InChI is InChI=1S/C17H13ClO/c18-12-13-5-3-8-15(11-13)19-17-10-4-7-14-6-1-2-9-16(14)17/h1-11H,12H2. The molecule has 0 saturated heterocycles. The fourth-order valence-corrected chi connectivity index (χ4v) is 2.27. The van der Waals surface area contributed by atoms with E-state index in [4.69, 9.17) is 16.3 Å². The van der Waals surface area contributed by atoms with Crippen LogP contribution in [0.25, 0.3) is 10.8 Å². The number of fused-ring (bicyclic) bond motifs is 1. The first-order chi connectivity index (χ1) is 9.36. The van der Waals surface area contributed by atoms with Crippen LogP contribution < -0.4 is 4.74 Å². The molecular weight excluding hydrogens is 256 g/mol. The van der Waals surface area contributed by atoms with E-state index < -0.39 is 0 Å². The summed E-state index contributed by atoms with van der Waals surface area (Å²) in [6.07, 6.45) is 0. The summed E-state index contributed by atoms with van der Waals surface area (Å²) in [6, 6.07) is 22.1. The average Bonchev–Trinajstić information content (AvgIpc) is 2.48.